The molecule has 0 aromatic heterocycles. The van der Waals surface area contributed by atoms with Crippen molar-refractivity contribution in [3.05, 3.63) is 47.7 Å². The van der Waals surface area contributed by atoms with E-state index < -0.39 is 0 Å². The maximum atomic E-state index is 10.9. The van der Waals surface area contributed by atoms with Gasteiger partial charge >= 0.3 is 5.97 Å². The number of ether oxygens (including phenoxy) is 1. The number of esters is 1. The molecule has 0 aliphatic carbocycles. The number of carbonyl (C=O) groups excluding carboxylic acids is 1. The lowest BCUT2D eigenvalue weighted by atomic mass is 10.1. The zero-order valence-corrected chi connectivity index (χ0v) is 8.23. The number of phenols is 1. The monoisotopic (exact) mass is 202 g/mol. The number of carbonyl (C=O) groups is 1. The molecule has 2 rings (SSSR count). The predicted octanol–water partition coefficient (Wildman–Crippen LogP) is 2.24. The molecule has 3 heteroatoms. The Bertz CT molecular complexity index is 470. The van der Waals surface area contributed by atoms with Gasteiger partial charge in [-0.1, -0.05) is 18.2 Å². The molecule has 1 heterocycles. The number of hydrogen-bond donors (Lipinski definition) is 1. The maximum absolute atomic E-state index is 10.9. The summed E-state index contributed by atoms with van der Waals surface area (Å²) in [5.74, 6) is 0.292. The number of allylic oxidation sites excluding steroid dienone is 2. The highest BCUT2D eigenvalue weighted by Gasteiger charge is 2.14. The summed E-state index contributed by atoms with van der Waals surface area (Å²) in [5, 5.41) is 9.61. The van der Waals surface area contributed by atoms with Crippen LogP contribution in [-0.4, -0.2) is 11.1 Å². The highest BCUT2D eigenvalue weighted by molar-refractivity contribution is 5.89. The molecule has 0 fully saturated rings. The Morgan fingerprint density at radius 2 is 2.00 bits per heavy atom. The zero-order valence-electron chi connectivity index (χ0n) is 8.23. The highest BCUT2D eigenvalue weighted by atomic mass is 16.5. The van der Waals surface area contributed by atoms with Crippen molar-refractivity contribution in [2.45, 2.75) is 6.92 Å². The Balaban J connectivity index is 2.45. The second-order valence-electron chi connectivity index (χ2n) is 3.26. The van der Waals surface area contributed by atoms with Gasteiger partial charge < -0.3 is 9.84 Å². The molecule has 15 heavy (non-hydrogen) atoms. The normalized spacial score (nSPS) is 17.8. The van der Waals surface area contributed by atoms with Gasteiger partial charge in [-0.25, -0.2) is 4.79 Å². The molecule has 0 atom stereocenters. The molecule has 3 nitrogen and oxygen atoms in total. The lowest BCUT2D eigenvalue weighted by Gasteiger charge is -2.06. The average Bonchev–Trinajstić information content (AvgIpc) is 2.65. The molecule has 0 spiro atoms. The van der Waals surface area contributed by atoms with E-state index >= 15 is 0 Å². The third-order valence-corrected chi connectivity index (χ3v) is 2.26. The fraction of sp³-hybridized carbons (Fsp3) is 0.0833. The number of para-hydroxylation sites is 1. The highest BCUT2D eigenvalue weighted by Crippen LogP contribution is 2.29. The van der Waals surface area contributed by atoms with Crippen LogP contribution in [0.5, 0.6) is 5.75 Å². The van der Waals surface area contributed by atoms with Crippen molar-refractivity contribution in [2.75, 3.05) is 0 Å². The van der Waals surface area contributed by atoms with Crippen molar-refractivity contribution in [3.8, 4) is 5.75 Å². The second kappa shape index (κ2) is 3.61. The molecule has 1 aromatic carbocycles. The minimum absolute atomic E-state index is 0.179. The van der Waals surface area contributed by atoms with E-state index in [1.54, 1.807) is 31.2 Å². The van der Waals surface area contributed by atoms with Gasteiger partial charge in [0.1, 0.15) is 11.5 Å². The number of rotatable bonds is 1. The van der Waals surface area contributed by atoms with E-state index in [-0.39, 0.29) is 11.7 Å². The molecule has 0 saturated heterocycles. The molecular formula is C12H10O3. The van der Waals surface area contributed by atoms with Crippen molar-refractivity contribution < 1.29 is 14.6 Å². The minimum atomic E-state index is -0.375. The Morgan fingerprint density at radius 1 is 1.27 bits per heavy atom. The summed E-state index contributed by atoms with van der Waals surface area (Å²) >= 11 is 0. The molecule has 76 valence electrons. The molecule has 0 bridgehead atoms. The molecule has 0 amide bonds. The lowest BCUT2D eigenvalue weighted by molar-refractivity contribution is -0.132. The van der Waals surface area contributed by atoms with Crippen LogP contribution in [0, 0.1) is 0 Å². The van der Waals surface area contributed by atoms with Crippen LogP contribution in [0.25, 0.3) is 5.57 Å². The van der Waals surface area contributed by atoms with Gasteiger partial charge in [-0.3, -0.25) is 0 Å². The first kappa shape index (κ1) is 9.52. The van der Waals surface area contributed by atoms with Crippen LogP contribution in [-0.2, 0) is 9.53 Å². The van der Waals surface area contributed by atoms with Crippen LogP contribution in [0.4, 0.5) is 0 Å². The van der Waals surface area contributed by atoms with Crippen LogP contribution >= 0.6 is 0 Å². The molecule has 0 unspecified atom stereocenters. The number of aromatic hydroxyl groups is 1. The van der Waals surface area contributed by atoms with Crippen LogP contribution in [0.15, 0.2) is 42.2 Å². The lowest BCUT2D eigenvalue weighted by Crippen LogP contribution is -1.93. The molecule has 1 aromatic rings. The first-order valence-corrected chi connectivity index (χ1v) is 4.57. The summed E-state index contributed by atoms with van der Waals surface area (Å²) in [5.41, 5.74) is 1.42. The van der Waals surface area contributed by atoms with Crippen molar-refractivity contribution >= 4 is 11.5 Å². The van der Waals surface area contributed by atoms with Crippen LogP contribution < -0.4 is 0 Å². The van der Waals surface area contributed by atoms with E-state index in [9.17, 15) is 9.90 Å². The van der Waals surface area contributed by atoms with Gasteiger partial charge in [0.15, 0.2) is 0 Å². The summed E-state index contributed by atoms with van der Waals surface area (Å²) in [6.07, 6.45) is 2.96. The number of phenolic OH excluding ortho intramolecular Hbond substituents is 1. The van der Waals surface area contributed by atoms with Gasteiger partial charge in [0.25, 0.3) is 0 Å². The molecule has 0 radical (unpaired) electrons. The summed E-state index contributed by atoms with van der Waals surface area (Å²) in [6.45, 7) is 1.80. The van der Waals surface area contributed by atoms with E-state index in [0.717, 1.165) is 5.57 Å². The average molecular weight is 202 g/mol. The van der Waals surface area contributed by atoms with Crippen molar-refractivity contribution in [3.63, 3.8) is 0 Å². The fourth-order valence-corrected chi connectivity index (χ4v) is 1.45. The van der Waals surface area contributed by atoms with Crippen LogP contribution in [0.3, 0.4) is 0 Å². The smallest absolute Gasteiger partial charge is 0.336 e. The quantitative estimate of drug-likeness (QED) is 0.710. The van der Waals surface area contributed by atoms with Gasteiger partial charge in [-0.05, 0) is 19.1 Å². The number of cyclic esters (lactones) is 1. The molecular weight excluding hydrogens is 192 g/mol. The van der Waals surface area contributed by atoms with Crippen LogP contribution in [0.1, 0.15) is 12.5 Å². The van der Waals surface area contributed by atoms with E-state index in [1.165, 1.54) is 6.08 Å². The Labute approximate surface area is 87.3 Å². The molecule has 1 N–H and O–H groups in total. The second-order valence-corrected chi connectivity index (χ2v) is 3.26. The van der Waals surface area contributed by atoms with Crippen LogP contribution in [0.2, 0.25) is 0 Å². The first-order chi connectivity index (χ1) is 7.18. The van der Waals surface area contributed by atoms with Gasteiger partial charge in [0.2, 0.25) is 0 Å². The van der Waals surface area contributed by atoms with Gasteiger partial charge in [-0.2, -0.15) is 0 Å². The standard InChI is InChI=1S/C12H10O3/c1-8(11-6-7-12(14)15-11)9-4-2-3-5-10(9)13/h2-7,13H,1H3/b11-8-. The first-order valence-electron chi connectivity index (χ1n) is 4.57. The molecule has 1 aliphatic heterocycles. The summed E-state index contributed by atoms with van der Waals surface area (Å²) in [7, 11) is 0. The third-order valence-electron chi connectivity index (χ3n) is 2.26. The van der Waals surface area contributed by atoms with Gasteiger partial charge in [-0.15, -0.1) is 0 Å². The number of hydrogen-bond acceptors (Lipinski definition) is 3. The van der Waals surface area contributed by atoms with E-state index in [1.807, 2.05) is 6.07 Å². The summed E-state index contributed by atoms with van der Waals surface area (Å²) < 4.78 is 4.95. The maximum Gasteiger partial charge on any atom is 0.336 e. The predicted molar refractivity (Wildman–Crippen MR) is 55.9 cm³/mol. The number of benzene rings is 1. The van der Waals surface area contributed by atoms with E-state index in [2.05, 4.69) is 0 Å². The topological polar surface area (TPSA) is 46.5 Å². The van der Waals surface area contributed by atoms with Gasteiger partial charge in [0, 0.05) is 17.2 Å². The minimum Gasteiger partial charge on any atom is -0.507 e. The largest absolute Gasteiger partial charge is 0.507 e. The Hall–Kier alpha value is -2.03. The van der Waals surface area contributed by atoms with Crippen molar-refractivity contribution in [2.24, 2.45) is 0 Å². The Kier molecular flexibility index (Phi) is 2.29. The zero-order chi connectivity index (χ0) is 10.8. The summed E-state index contributed by atoms with van der Waals surface area (Å²) in [6, 6.07) is 6.93. The SMILES string of the molecule is C/C(=C1\C=CC(=O)O1)c1ccccc1O. The Morgan fingerprint density at radius 3 is 2.60 bits per heavy atom. The van der Waals surface area contributed by atoms with E-state index in [0.29, 0.717) is 11.3 Å². The van der Waals surface area contributed by atoms with Crippen molar-refractivity contribution in [1.82, 2.24) is 0 Å². The van der Waals surface area contributed by atoms with E-state index in [4.69, 9.17) is 4.74 Å². The van der Waals surface area contributed by atoms with Gasteiger partial charge in [0.05, 0.1) is 0 Å². The third kappa shape index (κ3) is 1.76. The van der Waals surface area contributed by atoms with Crippen molar-refractivity contribution in [1.29, 1.82) is 0 Å². The molecule has 1 aliphatic rings. The summed E-state index contributed by atoms with van der Waals surface area (Å²) in [4.78, 5) is 10.9. The fourth-order valence-electron chi connectivity index (χ4n) is 1.45. The molecule has 0 saturated carbocycles.